The number of aliphatic hydroxyl groups is 2. The summed E-state index contributed by atoms with van der Waals surface area (Å²) in [5.41, 5.74) is 0.837. The van der Waals surface area contributed by atoms with Crippen molar-refractivity contribution in [2.45, 2.75) is 37.3 Å². The summed E-state index contributed by atoms with van der Waals surface area (Å²) in [6, 6.07) is 9.14. The van der Waals surface area contributed by atoms with E-state index in [0.717, 1.165) is 5.56 Å². The maximum Gasteiger partial charge on any atom is 0.335 e. The first-order valence-corrected chi connectivity index (χ1v) is 6.47. The third kappa shape index (κ3) is 3.58. The van der Waals surface area contributed by atoms with Crippen LogP contribution in [0.2, 0.25) is 0 Å². The van der Waals surface area contributed by atoms with Gasteiger partial charge in [0.25, 0.3) is 0 Å². The zero-order valence-corrected chi connectivity index (χ0v) is 11.5. The molecule has 3 N–H and O–H groups in total. The van der Waals surface area contributed by atoms with Crippen molar-refractivity contribution in [2.75, 3.05) is 7.11 Å². The van der Waals surface area contributed by atoms with E-state index in [0.29, 0.717) is 0 Å². The molecule has 0 saturated carbocycles. The number of aliphatic hydroxyl groups excluding tert-OH is 2. The summed E-state index contributed by atoms with van der Waals surface area (Å²) in [7, 11) is 1.28. The lowest BCUT2D eigenvalue weighted by molar-refractivity contribution is -0.296. The molecule has 1 aromatic rings. The van der Waals surface area contributed by atoms with Gasteiger partial charge in [0.2, 0.25) is 0 Å². The number of benzene rings is 1. The maximum absolute atomic E-state index is 11.1. The fourth-order valence-electron chi connectivity index (χ4n) is 2.20. The van der Waals surface area contributed by atoms with Crippen LogP contribution in [0.4, 0.5) is 0 Å². The van der Waals surface area contributed by atoms with Gasteiger partial charge in [0.1, 0.15) is 18.3 Å². The SMILES string of the molecule is COC1O[C@@H](C(=O)O)[C@@H](O)[C@H](OCc2ccccc2)[C@H]1O. The summed E-state index contributed by atoms with van der Waals surface area (Å²) >= 11 is 0. The van der Waals surface area contributed by atoms with E-state index >= 15 is 0 Å². The Morgan fingerprint density at radius 2 is 1.90 bits per heavy atom. The number of carboxylic acids is 1. The lowest BCUT2D eigenvalue weighted by Gasteiger charge is -2.40. The highest BCUT2D eigenvalue weighted by Gasteiger charge is 2.48. The van der Waals surface area contributed by atoms with Gasteiger partial charge in [-0.15, -0.1) is 0 Å². The summed E-state index contributed by atoms with van der Waals surface area (Å²) in [6.07, 6.45) is -6.59. The van der Waals surface area contributed by atoms with E-state index in [4.69, 9.17) is 19.3 Å². The van der Waals surface area contributed by atoms with Crippen LogP contribution in [-0.2, 0) is 25.6 Å². The van der Waals surface area contributed by atoms with Gasteiger partial charge in [-0.05, 0) is 5.56 Å². The Bertz CT molecular complexity index is 464. The molecular weight excluding hydrogens is 280 g/mol. The van der Waals surface area contributed by atoms with Crippen LogP contribution >= 0.6 is 0 Å². The van der Waals surface area contributed by atoms with Crippen molar-refractivity contribution in [1.82, 2.24) is 0 Å². The van der Waals surface area contributed by atoms with E-state index in [1.165, 1.54) is 7.11 Å². The number of hydrogen-bond donors (Lipinski definition) is 3. The number of aliphatic carboxylic acids is 1. The fraction of sp³-hybridized carbons (Fsp3) is 0.500. The summed E-state index contributed by atoms with van der Waals surface area (Å²) in [6.45, 7) is 0.127. The minimum absolute atomic E-state index is 0.127. The van der Waals surface area contributed by atoms with Crippen LogP contribution in [0.5, 0.6) is 0 Å². The predicted molar refractivity (Wildman–Crippen MR) is 70.3 cm³/mol. The molecule has 21 heavy (non-hydrogen) atoms. The molecule has 0 spiro atoms. The first kappa shape index (κ1) is 15.9. The molecule has 1 aromatic carbocycles. The Morgan fingerprint density at radius 3 is 2.48 bits per heavy atom. The van der Waals surface area contributed by atoms with Gasteiger partial charge in [-0.2, -0.15) is 0 Å². The van der Waals surface area contributed by atoms with Crippen molar-refractivity contribution in [3.63, 3.8) is 0 Å². The van der Waals surface area contributed by atoms with Crippen LogP contribution in [-0.4, -0.2) is 59.1 Å². The van der Waals surface area contributed by atoms with Crippen molar-refractivity contribution >= 4 is 5.97 Å². The topological polar surface area (TPSA) is 105 Å². The third-order valence-electron chi connectivity index (χ3n) is 3.30. The Labute approximate surface area is 121 Å². The molecule has 0 aromatic heterocycles. The molecule has 7 nitrogen and oxygen atoms in total. The molecule has 2 rings (SSSR count). The van der Waals surface area contributed by atoms with E-state index in [1.54, 1.807) is 0 Å². The van der Waals surface area contributed by atoms with Gasteiger partial charge < -0.3 is 29.5 Å². The number of hydrogen-bond acceptors (Lipinski definition) is 6. The summed E-state index contributed by atoms with van der Waals surface area (Å²) < 4.78 is 15.4. The van der Waals surface area contributed by atoms with Crippen molar-refractivity contribution in [3.8, 4) is 0 Å². The van der Waals surface area contributed by atoms with Crippen LogP contribution in [0, 0.1) is 0 Å². The molecule has 116 valence electrons. The molecule has 0 aliphatic carbocycles. The van der Waals surface area contributed by atoms with Gasteiger partial charge in [-0.3, -0.25) is 0 Å². The van der Waals surface area contributed by atoms with E-state index in [-0.39, 0.29) is 6.61 Å². The minimum atomic E-state index is -1.51. The fourth-order valence-corrected chi connectivity index (χ4v) is 2.20. The van der Waals surface area contributed by atoms with E-state index in [2.05, 4.69) is 0 Å². The van der Waals surface area contributed by atoms with Gasteiger partial charge in [0, 0.05) is 7.11 Å². The van der Waals surface area contributed by atoms with Gasteiger partial charge in [-0.1, -0.05) is 30.3 Å². The Balaban J connectivity index is 2.08. The van der Waals surface area contributed by atoms with Gasteiger partial charge >= 0.3 is 5.97 Å². The molecular formula is C14H18O7. The molecule has 0 radical (unpaired) electrons. The Kier molecular flexibility index (Phi) is 5.27. The number of carbonyl (C=O) groups is 1. The summed E-state index contributed by atoms with van der Waals surface area (Å²) in [5, 5.41) is 29.1. The highest BCUT2D eigenvalue weighted by molar-refractivity contribution is 5.73. The first-order chi connectivity index (χ1) is 10.0. The Morgan fingerprint density at radius 1 is 1.24 bits per heavy atom. The average Bonchev–Trinajstić information content (AvgIpc) is 2.48. The lowest BCUT2D eigenvalue weighted by atomic mass is 9.98. The molecule has 5 atom stereocenters. The van der Waals surface area contributed by atoms with E-state index in [1.807, 2.05) is 30.3 Å². The first-order valence-electron chi connectivity index (χ1n) is 6.47. The van der Waals surface area contributed by atoms with E-state index < -0.39 is 36.7 Å². The van der Waals surface area contributed by atoms with Crippen LogP contribution < -0.4 is 0 Å². The van der Waals surface area contributed by atoms with Crippen molar-refractivity contribution in [1.29, 1.82) is 0 Å². The highest BCUT2D eigenvalue weighted by Crippen LogP contribution is 2.25. The Hall–Kier alpha value is -1.51. The molecule has 1 heterocycles. The second kappa shape index (κ2) is 6.97. The zero-order chi connectivity index (χ0) is 15.4. The van der Waals surface area contributed by atoms with Gasteiger partial charge in [0.05, 0.1) is 6.61 Å². The smallest absolute Gasteiger partial charge is 0.335 e. The minimum Gasteiger partial charge on any atom is -0.479 e. The normalized spacial score (nSPS) is 32.8. The lowest BCUT2D eigenvalue weighted by Crippen LogP contribution is -2.61. The van der Waals surface area contributed by atoms with Crippen molar-refractivity contribution < 1.29 is 34.3 Å². The van der Waals surface area contributed by atoms with Crippen LogP contribution in [0.15, 0.2) is 30.3 Å². The van der Waals surface area contributed by atoms with Crippen molar-refractivity contribution in [2.24, 2.45) is 0 Å². The summed E-state index contributed by atoms with van der Waals surface area (Å²) in [4.78, 5) is 11.1. The monoisotopic (exact) mass is 298 g/mol. The molecule has 1 aliphatic heterocycles. The molecule has 1 aliphatic rings. The van der Waals surface area contributed by atoms with Crippen LogP contribution in [0.1, 0.15) is 5.56 Å². The van der Waals surface area contributed by atoms with Gasteiger partial charge in [0.15, 0.2) is 12.4 Å². The molecule has 0 bridgehead atoms. The number of rotatable bonds is 5. The second-order valence-electron chi connectivity index (χ2n) is 4.74. The average molecular weight is 298 g/mol. The highest BCUT2D eigenvalue weighted by atomic mass is 16.7. The molecule has 0 amide bonds. The van der Waals surface area contributed by atoms with Gasteiger partial charge in [-0.25, -0.2) is 4.79 Å². The van der Waals surface area contributed by atoms with E-state index in [9.17, 15) is 15.0 Å². The molecule has 1 unspecified atom stereocenters. The standard InChI is InChI=1S/C14H18O7/c1-19-14-10(16)11(9(15)12(21-14)13(17)18)20-7-8-5-3-2-4-6-8/h2-6,9-12,14-16H,7H2,1H3,(H,17,18)/t9-,10+,11-,12+,14?/m0/s1. The number of carboxylic acid groups (broad SMARTS) is 1. The summed E-state index contributed by atoms with van der Waals surface area (Å²) in [5.74, 6) is -1.34. The van der Waals surface area contributed by atoms with Crippen LogP contribution in [0.3, 0.4) is 0 Å². The number of methoxy groups -OCH3 is 1. The molecule has 7 heteroatoms. The second-order valence-corrected chi connectivity index (χ2v) is 4.74. The molecule has 1 saturated heterocycles. The van der Waals surface area contributed by atoms with Crippen LogP contribution in [0.25, 0.3) is 0 Å². The number of ether oxygens (including phenoxy) is 3. The molecule has 1 fully saturated rings. The third-order valence-corrected chi connectivity index (χ3v) is 3.30. The zero-order valence-electron chi connectivity index (χ0n) is 11.5. The largest absolute Gasteiger partial charge is 0.479 e. The maximum atomic E-state index is 11.1. The quantitative estimate of drug-likeness (QED) is 0.688. The predicted octanol–water partition coefficient (Wildman–Crippen LogP) is -0.251. The van der Waals surface area contributed by atoms with Crippen molar-refractivity contribution in [3.05, 3.63) is 35.9 Å².